The van der Waals surface area contributed by atoms with Gasteiger partial charge in [-0.3, -0.25) is 19.2 Å². The third kappa shape index (κ3) is 8.32. The van der Waals surface area contributed by atoms with E-state index in [0.29, 0.717) is 12.8 Å². The lowest BCUT2D eigenvalue weighted by atomic mass is 10.0. The number of amides is 3. The number of nitrogens with one attached hydrogen (secondary N) is 3. The molecule has 1 aliphatic rings. The summed E-state index contributed by atoms with van der Waals surface area (Å²) >= 11 is 0. The molecule has 1 heterocycles. The topological polar surface area (TPSA) is 114 Å². The van der Waals surface area contributed by atoms with Crippen LogP contribution in [0.1, 0.15) is 46.5 Å². The quantitative estimate of drug-likeness (QED) is 0.425. The molecule has 3 N–H and O–H groups in total. The summed E-state index contributed by atoms with van der Waals surface area (Å²) in [4.78, 5) is 47.4. The van der Waals surface area contributed by atoms with Crippen molar-refractivity contribution in [3.8, 4) is 0 Å². The van der Waals surface area contributed by atoms with Gasteiger partial charge in [0, 0.05) is 13.0 Å². The molecule has 1 rings (SSSR count). The molecule has 0 fully saturated rings. The summed E-state index contributed by atoms with van der Waals surface area (Å²) in [7, 11) is 0. The van der Waals surface area contributed by atoms with Crippen LogP contribution in [0.5, 0.6) is 0 Å². The third-order valence-corrected chi connectivity index (χ3v) is 3.70. The van der Waals surface area contributed by atoms with E-state index in [0.717, 1.165) is 5.57 Å². The SMILES string of the molecule is C/C1=C/CCOC(=O)CCNC(=O)CNC(=O)C(C)(C)NC(=O)CC1. The minimum atomic E-state index is -1.12. The van der Waals surface area contributed by atoms with Crippen molar-refractivity contribution < 1.29 is 23.9 Å². The molecule has 0 saturated heterocycles. The molecule has 8 heteroatoms. The molecule has 0 aromatic carbocycles. The largest absolute Gasteiger partial charge is 0.465 e. The van der Waals surface area contributed by atoms with Gasteiger partial charge in [-0.15, -0.1) is 0 Å². The Kier molecular flexibility index (Phi) is 8.10. The first-order chi connectivity index (χ1) is 11.7. The lowest BCUT2D eigenvalue weighted by Crippen LogP contribution is -2.56. The van der Waals surface area contributed by atoms with Crippen molar-refractivity contribution >= 4 is 23.7 Å². The minimum absolute atomic E-state index is 0.0733. The molecule has 0 unspecified atom stereocenters. The standard InChI is InChI=1S/C17H27N3O5/c1-12-5-4-10-25-15(23)8-9-18-14(22)11-19-16(24)17(2,3)20-13(21)7-6-12/h5H,4,6-11H2,1-3H3,(H,18,22)(H,19,24)(H,20,21)/b12-5-. The van der Waals surface area contributed by atoms with Crippen molar-refractivity contribution in [3.63, 3.8) is 0 Å². The van der Waals surface area contributed by atoms with E-state index in [1.807, 2.05) is 13.0 Å². The summed E-state index contributed by atoms with van der Waals surface area (Å²) < 4.78 is 5.05. The summed E-state index contributed by atoms with van der Waals surface area (Å²) in [6.45, 7) is 5.24. The van der Waals surface area contributed by atoms with Gasteiger partial charge < -0.3 is 20.7 Å². The first-order valence-corrected chi connectivity index (χ1v) is 8.38. The molecule has 140 valence electrons. The number of carbonyl (C=O) groups is 4. The van der Waals surface area contributed by atoms with Gasteiger partial charge in [0.25, 0.3) is 0 Å². The highest BCUT2D eigenvalue weighted by Gasteiger charge is 2.29. The van der Waals surface area contributed by atoms with Crippen LogP contribution >= 0.6 is 0 Å². The number of allylic oxidation sites excluding steroid dienone is 1. The normalized spacial score (nSPS) is 23.7. The van der Waals surface area contributed by atoms with Crippen molar-refractivity contribution in [2.24, 2.45) is 0 Å². The van der Waals surface area contributed by atoms with Crippen molar-refractivity contribution in [3.05, 3.63) is 11.6 Å². The van der Waals surface area contributed by atoms with Crippen molar-refractivity contribution in [1.82, 2.24) is 16.0 Å². The maximum absolute atomic E-state index is 12.1. The maximum Gasteiger partial charge on any atom is 0.307 e. The van der Waals surface area contributed by atoms with Gasteiger partial charge in [0.1, 0.15) is 5.54 Å². The molecule has 0 atom stereocenters. The van der Waals surface area contributed by atoms with E-state index in [4.69, 9.17) is 4.74 Å². The zero-order valence-electron chi connectivity index (χ0n) is 15.1. The average Bonchev–Trinajstić information content (AvgIpc) is 2.53. The molecular weight excluding hydrogens is 326 g/mol. The monoisotopic (exact) mass is 353 g/mol. The Morgan fingerprint density at radius 2 is 1.72 bits per heavy atom. The molecule has 0 spiro atoms. The van der Waals surface area contributed by atoms with Gasteiger partial charge in [0.15, 0.2) is 0 Å². The summed E-state index contributed by atoms with van der Waals surface area (Å²) in [6.07, 6.45) is 3.37. The highest BCUT2D eigenvalue weighted by atomic mass is 16.5. The lowest BCUT2D eigenvalue weighted by molar-refractivity contribution is -0.143. The molecular formula is C17H27N3O5. The first kappa shape index (κ1) is 20.7. The van der Waals surface area contributed by atoms with Gasteiger partial charge >= 0.3 is 5.97 Å². The van der Waals surface area contributed by atoms with Gasteiger partial charge in [-0.2, -0.15) is 0 Å². The second kappa shape index (κ2) is 9.80. The van der Waals surface area contributed by atoms with Gasteiger partial charge in [-0.25, -0.2) is 0 Å². The van der Waals surface area contributed by atoms with Crippen LogP contribution in [0.3, 0.4) is 0 Å². The minimum Gasteiger partial charge on any atom is -0.465 e. The smallest absolute Gasteiger partial charge is 0.307 e. The molecule has 0 aromatic heterocycles. The van der Waals surface area contributed by atoms with Crippen LogP contribution < -0.4 is 16.0 Å². The number of esters is 1. The van der Waals surface area contributed by atoms with E-state index < -0.39 is 23.3 Å². The number of carbonyl (C=O) groups excluding carboxylic acids is 4. The summed E-state index contributed by atoms with van der Waals surface area (Å²) in [5, 5.41) is 7.67. The molecule has 8 nitrogen and oxygen atoms in total. The van der Waals surface area contributed by atoms with Crippen LogP contribution in [-0.4, -0.2) is 48.9 Å². The van der Waals surface area contributed by atoms with Gasteiger partial charge in [-0.05, 0) is 33.6 Å². The number of ether oxygens (including phenoxy) is 1. The van der Waals surface area contributed by atoms with E-state index in [2.05, 4.69) is 16.0 Å². The fourth-order valence-corrected chi connectivity index (χ4v) is 2.18. The highest BCUT2D eigenvalue weighted by Crippen LogP contribution is 2.08. The Labute approximate surface area is 147 Å². The van der Waals surface area contributed by atoms with Gasteiger partial charge in [-0.1, -0.05) is 11.6 Å². The van der Waals surface area contributed by atoms with Crippen LogP contribution in [0.2, 0.25) is 0 Å². The van der Waals surface area contributed by atoms with E-state index in [9.17, 15) is 19.2 Å². The summed E-state index contributed by atoms with van der Waals surface area (Å²) in [5.74, 6) is -1.51. The fourth-order valence-electron chi connectivity index (χ4n) is 2.18. The Morgan fingerprint density at radius 3 is 2.44 bits per heavy atom. The third-order valence-electron chi connectivity index (χ3n) is 3.70. The van der Waals surface area contributed by atoms with Crippen LogP contribution in [-0.2, 0) is 23.9 Å². The van der Waals surface area contributed by atoms with Crippen molar-refractivity contribution in [2.45, 2.75) is 52.0 Å². The lowest BCUT2D eigenvalue weighted by Gasteiger charge is -2.25. The van der Waals surface area contributed by atoms with E-state index >= 15 is 0 Å². The van der Waals surface area contributed by atoms with E-state index in [1.54, 1.807) is 13.8 Å². The molecule has 3 amide bonds. The zero-order chi connectivity index (χ0) is 18.9. The first-order valence-electron chi connectivity index (χ1n) is 8.38. The van der Waals surface area contributed by atoms with Crippen LogP contribution in [0.15, 0.2) is 11.6 Å². The Morgan fingerprint density at radius 1 is 1.00 bits per heavy atom. The van der Waals surface area contributed by atoms with E-state index in [1.165, 1.54) is 0 Å². The van der Waals surface area contributed by atoms with Crippen LogP contribution in [0.25, 0.3) is 0 Å². The second-order valence-corrected chi connectivity index (χ2v) is 6.52. The summed E-state index contributed by atoms with van der Waals surface area (Å²) in [6, 6.07) is 0. The predicted molar refractivity (Wildman–Crippen MR) is 91.4 cm³/mol. The molecule has 25 heavy (non-hydrogen) atoms. The number of hydrogen-bond acceptors (Lipinski definition) is 5. The predicted octanol–water partition coefficient (Wildman–Crippen LogP) is 0.177. The maximum atomic E-state index is 12.1. The molecule has 0 aliphatic carbocycles. The van der Waals surface area contributed by atoms with Gasteiger partial charge in [0.05, 0.1) is 19.6 Å². The number of rotatable bonds is 0. The molecule has 0 radical (unpaired) electrons. The van der Waals surface area contributed by atoms with E-state index in [-0.39, 0.29) is 38.4 Å². The van der Waals surface area contributed by atoms with Crippen molar-refractivity contribution in [2.75, 3.05) is 19.7 Å². The number of cyclic esters (lactones) is 1. The molecule has 0 bridgehead atoms. The highest BCUT2D eigenvalue weighted by molar-refractivity contribution is 5.93. The molecule has 0 saturated carbocycles. The fraction of sp³-hybridized carbons (Fsp3) is 0.647. The molecule has 1 aliphatic heterocycles. The Balaban J connectivity index is 2.72. The van der Waals surface area contributed by atoms with Crippen molar-refractivity contribution in [1.29, 1.82) is 0 Å². The summed E-state index contributed by atoms with van der Waals surface area (Å²) in [5.41, 5.74) is -0.105. The Bertz CT molecular complexity index is 554. The average molecular weight is 353 g/mol. The van der Waals surface area contributed by atoms with Crippen LogP contribution in [0, 0.1) is 0 Å². The van der Waals surface area contributed by atoms with Gasteiger partial charge in [0.2, 0.25) is 17.7 Å². The molecule has 0 aromatic rings. The van der Waals surface area contributed by atoms with Crippen LogP contribution in [0.4, 0.5) is 0 Å². The second-order valence-electron chi connectivity index (χ2n) is 6.52. The zero-order valence-corrected chi connectivity index (χ0v) is 15.1. The number of hydrogen-bond donors (Lipinski definition) is 3. The Hall–Kier alpha value is -2.38.